The number of nitrogens with zero attached hydrogens (tertiary/aromatic N) is 3. The molecule has 3 aromatic heterocycles. The van der Waals surface area contributed by atoms with Crippen LogP contribution in [0, 0.1) is 6.92 Å². The molecule has 0 aliphatic heterocycles. The Labute approximate surface area is 156 Å². The highest BCUT2D eigenvalue weighted by Crippen LogP contribution is 2.30. The second kappa shape index (κ2) is 7.66. The summed E-state index contributed by atoms with van der Waals surface area (Å²) in [6.07, 6.45) is 9.54. The van der Waals surface area contributed by atoms with Crippen LogP contribution in [0.4, 0.5) is 10.8 Å². The van der Waals surface area contributed by atoms with E-state index in [1.165, 1.54) is 54.9 Å². The molecule has 0 saturated heterocycles. The predicted octanol–water partition coefficient (Wildman–Crippen LogP) is 5.20. The summed E-state index contributed by atoms with van der Waals surface area (Å²) >= 11 is 3.24. The van der Waals surface area contributed by atoms with E-state index in [-0.39, 0.29) is 0 Å². The van der Waals surface area contributed by atoms with Gasteiger partial charge in [0.2, 0.25) is 0 Å². The summed E-state index contributed by atoms with van der Waals surface area (Å²) in [5, 5.41) is 9.39. The van der Waals surface area contributed by atoms with Crippen molar-refractivity contribution in [2.45, 2.75) is 58.0 Å². The monoisotopic (exact) mass is 373 g/mol. The molecule has 1 saturated carbocycles. The number of hydrogen-bond acceptors (Lipinski definition) is 7. The minimum absolute atomic E-state index is 0.544. The highest BCUT2D eigenvalue weighted by atomic mass is 32.1. The zero-order valence-corrected chi connectivity index (χ0v) is 16.1. The Kier molecular flexibility index (Phi) is 5.12. The van der Waals surface area contributed by atoms with Gasteiger partial charge in [0.05, 0.1) is 17.6 Å². The number of aryl methyl sites for hydroxylation is 1. The molecule has 0 radical (unpaired) electrons. The molecule has 25 heavy (non-hydrogen) atoms. The van der Waals surface area contributed by atoms with Crippen LogP contribution >= 0.6 is 22.9 Å². The van der Waals surface area contributed by atoms with Gasteiger partial charge in [-0.2, -0.15) is 4.37 Å². The molecule has 0 amide bonds. The SMILES string of the molecule is Cc1cc(NCc2cc3c(NC4CCCCCC4)ncnc3s2)sn1. The van der Waals surface area contributed by atoms with Crippen molar-refractivity contribution in [1.82, 2.24) is 14.3 Å². The molecule has 3 heterocycles. The van der Waals surface area contributed by atoms with E-state index < -0.39 is 0 Å². The summed E-state index contributed by atoms with van der Waals surface area (Å²) in [5.74, 6) is 0.994. The van der Waals surface area contributed by atoms with E-state index in [0.29, 0.717) is 6.04 Å². The largest absolute Gasteiger partial charge is 0.371 e. The fourth-order valence-corrected chi connectivity index (χ4v) is 4.94. The molecule has 0 bridgehead atoms. The van der Waals surface area contributed by atoms with Gasteiger partial charge in [0.15, 0.2) is 0 Å². The van der Waals surface area contributed by atoms with E-state index >= 15 is 0 Å². The van der Waals surface area contributed by atoms with Crippen LogP contribution < -0.4 is 10.6 Å². The van der Waals surface area contributed by atoms with E-state index in [0.717, 1.165) is 33.3 Å². The number of nitrogens with one attached hydrogen (secondary N) is 2. The standard InChI is InChI=1S/C18H23N5S2/c1-12-8-16(25-23-12)19-10-14-9-15-17(20-11-21-18(15)24-14)22-13-6-4-2-3-5-7-13/h8-9,11,13,19H,2-7,10H2,1H3,(H,20,21,22). The Morgan fingerprint density at radius 1 is 1.12 bits per heavy atom. The number of fused-ring (bicyclic) bond motifs is 1. The van der Waals surface area contributed by atoms with Gasteiger partial charge in [-0.15, -0.1) is 11.3 Å². The number of thiophene rings is 1. The molecule has 1 fully saturated rings. The van der Waals surface area contributed by atoms with E-state index in [4.69, 9.17) is 0 Å². The van der Waals surface area contributed by atoms with Crippen LogP contribution in [0.15, 0.2) is 18.5 Å². The smallest absolute Gasteiger partial charge is 0.138 e. The molecule has 0 unspecified atom stereocenters. The van der Waals surface area contributed by atoms with Gasteiger partial charge in [0.1, 0.15) is 22.0 Å². The van der Waals surface area contributed by atoms with Gasteiger partial charge >= 0.3 is 0 Å². The second-order valence-electron chi connectivity index (χ2n) is 6.67. The molecule has 0 aromatic carbocycles. The van der Waals surface area contributed by atoms with Gasteiger partial charge in [0.25, 0.3) is 0 Å². The number of rotatable bonds is 5. The van der Waals surface area contributed by atoms with Gasteiger partial charge in [0, 0.05) is 10.9 Å². The molecule has 3 aromatic rings. The zero-order valence-electron chi connectivity index (χ0n) is 14.4. The normalized spacial score (nSPS) is 16.0. The first-order valence-electron chi connectivity index (χ1n) is 8.95. The van der Waals surface area contributed by atoms with E-state index in [1.807, 2.05) is 6.92 Å². The summed E-state index contributed by atoms with van der Waals surface area (Å²) in [4.78, 5) is 11.3. The molecule has 7 heteroatoms. The molecular formula is C18H23N5S2. The fourth-order valence-electron chi connectivity index (χ4n) is 3.35. The van der Waals surface area contributed by atoms with E-state index in [1.54, 1.807) is 17.7 Å². The van der Waals surface area contributed by atoms with Crippen LogP contribution in [-0.2, 0) is 6.54 Å². The molecule has 0 spiro atoms. The Bertz CT molecular complexity index is 833. The predicted molar refractivity (Wildman–Crippen MR) is 107 cm³/mol. The molecule has 1 aliphatic rings. The maximum atomic E-state index is 4.52. The number of hydrogen-bond donors (Lipinski definition) is 2. The van der Waals surface area contributed by atoms with Gasteiger partial charge in [-0.25, -0.2) is 9.97 Å². The summed E-state index contributed by atoms with van der Waals surface area (Å²) in [6, 6.07) is 4.85. The molecule has 0 atom stereocenters. The van der Waals surface area contributed by atoms with Crippen LogP contribution in [0.3, 0.4) is 0 Å². The average molecular weight is 374 g/mol. The molecule has 5 nitrogen and oxygen atoms in total. The first-order chi connectivity index (χ1) is 12.3. The Hall–Kier alpha value is -1.73. The second-order valence-corrected chi connectivity index (χ2v) is 8.59. The lowest BCUT2D eigenvalue weighted by Gasteiger charge is -2.17. The van der Waals surface area contributed by atoms with Crippen LogP contribution in [0.2, 0.25) is 0 Å². The van der Waals surface area contributed by atoms with Gasteiger partial charge in [-0.1, -0.05) is 25.7 Å². The zero-order chi connectivity index (χ0) is 17.1. The Morgan fingerprint density at radius 2 is 1.96 bits per heavy atom. The highest BCUT2D eigenvalue weighted by molar-refractivity contribution is 7.18. The van der Waals surface area contributed by atoms with Crippen molar-refractivity contribution in [3.05, 3.63) is 29.0 Å². The van der Waals surface area contributed by atoms with Crippen LogP contribution in [0.5, 0.6) is 0 Å². The van der Waals surface area contributed by atoms with Crippen molar-refractivity contribution in [1.29, 1.82) is 0 Å². The molecule has 4 rings (SSSR count). The van der Waals surface area contributed by atoms with Crippen molar-refractivity contribution < 1.29 is 0 Å². The third kappa shape index (κ3) is 4.10. The summed E-state index contributed by atoms with van der Waals surface area (Å²) in [5.41, 5.74) is 1.06. The van der Waals surface area contributed by atoms with E-state index in [9.17, 15) is 0 Å². The molecule has 1 aliphatic carbocycles. The van der Waals surface area contributed by atoms with Gasteiger partial charge in [-0.05, 0) is 43.4 Å². The van der Waals surface area contributed by atoms with Gasteiger partial charge < -0.3 is 10.6 Å². The third-order valence-electron chi connectivity index (χ3n) is 4.64. The maximum Gasteiger partial charge on any atom is 0.138 e. The highest BCUT2D eigenvalue weighted by Gasteiger charge is 2.15. The van der Waals surface area contributed by atoms with Crippen LogP contribution in [0.25, 0.3) is 10.2 Å². The van der Waals surface area contributed by atoms with Crippen molar-refractivity contribution >= 4 is 43.9 Å². The van der Waals surface area contributed by atoms with Crippen molar-refractivity contribution in [3.8, 4) is 0 Å². The maximum absolute atomic E-state index is 4.52. The lowest BCUT2D eigenvalue weighted by Crippen LogP contribution is -2.19. The minimum Gasteiger partial charge on any atom is -0.371 e. The van der Waals surface area contributed by atoms with E-state index in [2.05, 4.69) is 37.1 Å². The first-order valence-corrected chi connectivity index (χ1v) is 10.5. The fraction of sp³-hybridized carbons (Fsp3) is 0.500. The van der Waals surface area contributed by atoms with Crippen molar-refractivity contribution in [2.75, 3.05) is 10.6 Å². The lowest BCUT2D eigenvalue weighted by atomic mass is 10.1. The molecule has 2 N–H and O–H groups in total. The van der Waals surface area contributed by atoms with Gasteiger partial charge in [-0.3, -0.25) is 0 Å². The third-order valence-corrected chi connectivity index (χ3v) is 6.52. The van der Waals surface area contributed by atoms with Crippen molar-refractivity contribution in [2.24, 2.45) is 0 Å². The quantitative estimate of drug-likeness (QED) is 0.602. The summed E-state index contributed by atoms with van der Waals surface area (Å²) in [6.45, 7) is 2.81. The first kappa shape index (κ1) is 16.7. The topological polar surface area (TPSA) is 62.7 Å². The number of anilines is 2. The Morgan fingerprint density at radius 3 is 2.72 bits per heavy atom. The summed E-state index contributed by atoms with van der Waals surface area (Å²) in [7, 11) is 0. The van der Waals surface area contributed by atoms with Crippen LogP contribution in [0.1, 0.15) is 49.1 Å². The van der Waals surface area contributed by atoms with Crippen LogP contribution in [-0.4, -0.2) is 20.4 Å². The van der Waals surface area contributed by atoms with Crippen molar-refractivity contribution in [3.63, 3.8) is 0 Å². The molecule has 132 valence electrons. The lowest BCUT2D eigenvalue weighted by molar-refractivity contribution is 0.618. The number of aromatic nitrogens is 3. The Balaban J connectivity index is 1.49. The minimum atomic E-state index is 0.544. The average Bonchev–Trinajstić information content (AvgIpc) is 3.13. The molecular weight excluding hydrogens is 350 g/mol. The summed E-state index contributed by atoms with van der Waals surface area (Å²) < 4.78 is 4.31.